The monoisotopic (exact) mass is 315 g/mol. The van der Waals surface area contributed by atoms with Crippen LogP contribution in [0.25, 0.3) is 0 Å². The van der Waals surface area contributed by atoms with E-state index in [1.165, 1.54) is 41.5 Å². The van der Waals surface area contributed by atoms with Gasteiger partial charge in [0, 0.05) is 10.1 Å². The molecule has 3 N–H and O–H groups in total. The molecule has 8 heteroatoms. The fourth-order valence-corrected chi connectivity index (χ4v) is 2.19. The number of ketones is 1. The fraction of sp³-hybridized carbons (Fsp3) is 0.714. The van der Waals surface area contributed by atoms with E-state index < -0.39 is 51.3 Å². The third-order valence-electron chi connectivity index (χ3n) is 3.21. The van der Waals surface area contributed by atoms with Crippen molar-refractivity contribution in [2.45, 2.75) is 59.1 Å². The van der Waals surface area contributed by atoms with Crippen molar-refractivity contribution in [1.29, 1.82) is 0 Å². The molecule has 0 aromatic carbocycles. The standard InChI is InChI=1S/C14H23N2O6/c1-12(2,3)9(18)14(15)7-8(17)16(21,10(14)19)11(20)22-13(4,5)6/h21H,7,15H2,1-6H3/q+1. The summed E-state index contributed by atoms with van der Waals surface area (Å²) in [5.74, 6) is -3.29. The van der Waals surface area contributed by atoms with Gasteiger partial charge in [-0.25, -0.2) is 9.59 Å². The van der Waals surface area contributed by atoms with Crippen LogP contribution in [0.4, 0.5) is 4.79 Å². The van der Waals surface area contributed by atoms with Gasteiger partial charge in [-0.1, -0.05) is 20.8 Å². The minimum absolute atomic E-state index is 0.726. The Bertz CT molecular complexity index is 557. The van der Waals surface area contributed by atoms with Crippen molar-refractivity contribution in [3.8, 4) is 0 Å². The van der Waals surface area contributed by atoms with Gasteiger partial charge >= 0.3 is 17.9 Å². The topological polar surface area (TPSA) is 124 Å². The highest BCUT2D eigenvalue weighted by molar-refractivity contribution is 6.19. The molecule has 1 heterocycles. The number of hydrogen-bond donors (Lipinski definition) is 2. The van der Waals surface area contributed by atoms with Crippen LogP contribution >= 0.6 is 0 Å². The lowest BCUT2D eigenvalue weighted by atomic mass is 9.77. The average molecular weight is 315 g/mol. The van der Waals surface area contributed by atoms with Crippen LogP contribution in [0.15, 0.2) is 0 Å². The van der Waals surface area contributed by atoms with Crippen molar-refractivity contribution in [2.75, 3.05) is 0 Å². The smallest absolute Gasteiger partial charge is 0.411 e. The highest BCUT2D eigenvalue weighted by atomic mass is 16.7. The molecule has 0 spiro atoms. The number of nitrogens with two attached hydrogens (primary N) is 1. The molecule has 2 unspecified atom stereocenters. The molecule has 0 saturated carbocycles. The molecule has 0 radical (unpaired) electrons. The first-order valence-electron chi connectivity index (χ1n) is 6.84. The van der Waals surface area contributed by atoms with Crippen molar-refractivity contribution in [1.82, 2.24) is 0 Å². The second-order valence-electron chi connectivity index (χ2n) is 7.54. The van der Waals surface area contributed by atoms with Crippen molar-refractivity contribution in [2.24, 2.45) is 11.1 Å². The maximum Gasteiger partial charge on any atom is 0.566 e. The SMILES string of the molecule is CC(C)(C)OC(=O)[N+]1(O)C(=O)CC(N)(C(=O)C(C)(C)C)C1=O. The lowest BCUT2D eigenvalue weighted by molar-refractivity contribution is -0.909. The van der Waals surface area contributed by atoms with E-state index in [0.717, 1.165) is 0 Å². The Morgan fingerprint density at radius 1 is 1.18 bits per heavy atom. The van der Waals surface area contributed by atoms with E-state index in [1.54, 1.807) is 0 Å². The van der Waals surface area contributed by atoms with Crippen LogP contribution in [-0.2, 0) is 19.1 Å². The summed E-state index contributed by atoms with van der Waals surface area (Å²) in [6.45, 7) is 9.12. The van der Waals surface area contributed by atoms with Gasteiger partial charge in [-0.15, -0.1) is 0 Å². The quantitative estimate of drug-likeness (QED) is 0.319. The molecule has 0 aliphatic carbocycles. The Labute approximate surface area is 128 Å². The summed E-state index contributed by atoms with van der Waals surface area (Å²) >= 11 is 0. The number of carbonyl (C=O) groups excluding carboxylic acids is 4. The molecule has 2 atom stereocenters. The van der Waals surface area contributed by atoms with Gasteiger partial charge in [0.15, 0.2) is 5.78 Å². The van der Waals surface area contributed by atoms with Crippen LogP contribution < -0.4 is 5.73 Å². The number of imide groups is 3. The molecule has 124 valence electrons. The first kappa shape index (κ1) is 18.4. The molecule has 3 amide bonds. The number of Topliss-reactive ketones (excluding diaryl/α,β-unsaturated/α-hetero) is 1. The summed E-state index contributed by atoms with van der Waals surface area (Å²) in [7, 11) is 0. The lowest BCUT2D eigenvalue weighted by Gasteiger charge is -2.27. The van der Waals surface area contributed by atoms with E-state index in [4.69, 9.17) is 10.5 Å². The molecule has 1 fully saturated rings. The molecule has 1 aliphatic rings. The predicted octanol–water partition coefficient (Wildman–Crippen LogP) is 0.897. The van der Waals surface area contributed by atoms with Crippen molar-refractivity contribution in [3.05, 3.63) is 0 Å². The second-order valence-corrected chi connectivity index (χ2v) is 7.54. The highest BCUT2D eigenvalue weighted by Gasteiger charge is 2.73. The number of carbonyl (C=O) groups is 4. The average Bonchev–Trinajstić information content (AvgIpc) is 2.48. The Morgan fingerprint density at radius 3 is 2.00 bits per heavy atom. The Kier molecular flexibility index (Phi) is 4.13. The van der Waals surface area contributed by atoms with Crippen molar-refractivity contribution < 1.29 is 33.8 Å². The highest BCUT2D eigenvalue weighted by Crippen LogP contribution is 2.35. The molecule has 1 rings (SSSR count). The molecule has 8 nitrogen and oxygen atoms in total. The molecular weight excluding hydrogens is 292 g/mol. The number of hydrogen-bond acceptors (Lipinski definition) is 7. The van der Waals surface area contributed by atoms with Gasteiger partial charge in [0.1, 0.15) is 12.0 Å². The summed E-state index contributed by atoms with van der Waals surface area (Å²) in [5.41, 5.74) is 1.50. The van der Waals surface area contributed by atoms with Gasteiger partial charge in [0.2, 0.25) is 5.54 Å². The van der Waals surface area contributed by atoms with E-state index in [-0.39, 0.29) is 0 Å². The zero-order chi connectivity index (χ0) is 17.7. The normalized spacial score (nSPS) is 29.6. The van der Waals surface area contributed by atoms with Crippen LogP contribution in [0.5, 0.6) is 0 Å². The number of hydroxylamine groups is 3. The van der Waals surface area contributed by atoms with Crippen LogP contribution in [0.3, 0.4) is 0 Å². The number of rotatable bonds is 1. The summed E-state index contributed by atoms with van der Waals surface area (Å²) in [4.78, 5) is 48.9. The molecule has 0 aromatic rings. The van der Waals surface area contributed by atoms with Gasteiger partial charge in [-0.2, -0.15) is 10.0 Å². The maximum atomic E-state index is 12.4. The first-order chi connectivity index (χ1) is 9.57. The van der Waals surface area contributed by atoms with E-state index >= 15 is 0 Å². The first-order valence-corrected chi connectivity index (χ1v) is 6.84. The Hall–Kier alpha value is -1.64. The van der Waals surface area contributed by atoms with Gasteiger partial charge in [0.25, 0.3) is 0 Å². The Morgan fingerprint density at radius 2 is 1.64 bits per heavy atom. The van der Waals surface area contributed by atoms with Crippen LogP contribution in [0.1, 0.15) is 48.0 Å². The fourth-order valence-electron chi connectivity index (χ4n) is 2.19. The third kappa shape index (κ3) is 2.81. The van der Waals surface area contributed by atoms with Gasteiger partial charge in [-0.3, -0.25) is 4.79 Å². The van der Waals surface area contributed by atoms with Crippen molar-refractivity contribution >= 4 is 23.7 Å². The summed E-state index contributed by atoms with van der Waals surface area (Å²) in [5, 5.41) is 10.2. The van der Waals surface area contributed by atoms with E-state index in [0.29, 0.717) is 0 Å². The molecule has 0 aromatic heterocycles. The second kappa shape index (κ2) is 4.94. The van der Waals surface area contributed by atoms with Crippen LogP contribution in [-0.4, -0.2) is 44.7 Å². The van der Waals surface area contributed by atoms with Gasteiger partial charge in [0.05, 0.1) is 0 Å². The molecule has 0 bridgehead atoms. The summed E-state index contributed by atoms with van der Waals surface area (Å²) < 4.78 is 2.66. The zero-order valence-electron chi connectivity index (χ0n) is 13.7. The number of ether oxygens (including phenoxy) is 1. The maximum absolute atomic E-state index is 12.4. The minimum atomic E-state index is -2.25. The van der Waals surface area contributed by atoms with Gasteiger partial charge in [-0.05, 0) is 20.8 Å². The van der Waals surface area contributed by atoms with Crippen LogP contribution in [0.2, 0.25) is 0 Å². The van der Waals surface area contributed by atoms with Crippen LogP contribution in [0, 0.1) is 5.41 Å². The third-order valence-corrected chi connectivity index (χ3v) is 3.21. The van der Waals surface area contributed by atoms with Crippen molar-refractivity contribution in [3.63, 3.8) is 0 Å². The number of nitrogens with zero attached hydrogens (tertiary/aromatic N) is 1. The van der Waals surface area contributed by atoms with E-state index in [1.807, 2.05) is 0 Å². The number of quaternary nitrogens is 1. The Balaban J connectivity index is 3.28. The summed E-state index contributed by atoms with van der Waals surface area (Å²) in [6.07, 6.45) is -2.21. The molecule has 22 heavy (non-hydrogen) atoms. The summed E-state index contributed by atoms with van der Waals surface area (Å²) in [6, 6.07) is 0. The molecule has 1 saturated heterocycles. The molecular formula is C14H23N2O6+. The van der Waals surface area contributed by atoms with Gasteiger partial charge < -0.3 is 10.5 Å². The van der Waals surface area contributed by atoms with E-state index in [2.05, 4.69) is 0 Å². The lowest BCUT2D eigenvalue weighted by Crippen LogP contribution is -2.64. The molecule has 1 aliphatic heterocycles. The van der Waals surface area contributed by atoms with E-state index in [9.17, 15) is 24.4 Å². The number of likely N-dealkylation sites (tertiary alicyclic amines) is 1. The number of amides is 3. The largest absolute Gasteiger partial charge is 0.566 e. The minimum Gasteiger partial charge on any atom is -0.411 e. The zero-order valence-corrected chi connectivity index (χ0v) is 13.7. The predicted molar refractivity (Wildman–Crippen MR) is 74.3 cm³/mol.